The Kier molecular flexibility index (Phi) is 7.16. The van der Waals surface area contributed by atoms with E-state index in [1.54, 1.807) is 12.1 Å². The second-order valence-electron chi connectivity index (χ2n) is 6.57. The van der Waals surface area contributed by atoms with E-state index in [1.165, 1.54) is 12.1 Å². The number of benzene rings is 2. The standard InChI is InChI=1S/C21H28N2O3S/c1-5-15(4)23-27(25,26)19-13-9-12-18(14-19)21(24)22-20-16(6-2)10-8-11-17(20)7-3/h8-15,23H,5-7H2,1-4H3,(H,22,24). The summed E-state index contributed by atoms with van der Waals surface area (Å²) in [5.41, 5.74) is 3.25. The van der Waals surface area contributed by atoms with Crippen LogP contribution in [0.1, 0.15) is 55.6 Å². The van der Waals surface area contributed by atoms with Crippen LogP contribution in [0.5, 0.6) is 0 Å². The Balaban J connectivity index is 2.32. The zero-order valence-electron chi connectivity index (χ0n) is 16.4. The lowest BCUT2D eigenvalue weighted by molar-refractivity contribution is 0.102. The minimum Gasteiger partial charge on any atom is -0.321 e. The molecule has 27 heavy (non-hydrogen) atoms. The molecule has 0 spiro atoms. The molecule has 0 saturated carbocycles. The monoisotopic (exact) mass is 388 g/mol. The van der Waals surface area contributed by atoms with Crippen molar-refractivity contribution in [1.29, 1.82) is 0 Å². The molecule has 146 valence electrons. The molecular weight excluding hydrogens is 360 g/mol. The molecule has 2 aromatic rings. The molecule has 0 aliphatic rings. The zero-order valence-corrected chi connectivity index (χ0v) is 17.2. The van der Waals surface area contributed by atoms with Gasteiger partial charge in [0, 0.05) is 17.3 Å². The van der Waals surface area contributed by atoms with Gasteiger partial charge in [-0.1, -0.05) is 45.0 Å². The van der Waals surface area contributed by atoms with Gasteiger partial charge in [0.1, 0.15) is 0 Å². The van der Waals surface area contributed by atoms with Gasteiger partial charge in [0.2, 0.25) is 10.0 Å². The SMILES string of the molecule is CCc1cccc(CC)c1NC(=O)c1cccc(S(=O)(=O)NC(C)CC)c1. The minimum absolute atomic E-state index is 0.0925. The van der Waals surface area contributed by atoms with E-state index in [1.807, 2.05) is 45.9 Å². The van der Waals surface area contributed by atoms with E-state index < -0.39 is 10.0 Å². The number of amides is 1. The van der Waals surface area contributed by atoms with Crippen molar-refractivity contribution < 1.29 is 13.2 Å². The van der Waals surface area contributed by atoms with Crippen LogP contribution in [0.2, 0.25) is 0 Å². The Labute approximate surface area is 162 Å². The first-order valence-corrected chi connectivity index (χ1v) is 10.8. The van der Waals surface area contributed by atoms with Crippen LogP contribution in [0.15, 0.2) is 47.4 Å². The maximum absolute atomic E-state index is 12.8. The van der Waals surface area contributed by atoms with Crippen molar-refractivity contribution >= 4 is 21.6 Å². The summed E-state index contributed by atoms with van der Waals surface area (Å²) in [5, 5.41) is 2.97. The van der Waals surface area contributed by atoms with Gasteiger partial charge in [0.05, 0.1) is 4.90 Å². The summed E-state index contributed by atoms with van der Waals surface area (Å²) < 4.78 is 27.6. The number of sulfonamides is 1. The second kappa shape index (κ2) is 9.15. The normalized spacial score (nSPS) is 12.6. The molecule has 0 aromatic heterocycles. The van der Waals surface area contributed by atoms with Crippen molar-refractivity contribution in [2.75, 3.05) is 5.32 Å². The number of rotatable bonds is 8. The quantitative estimate of drug-likeness (QED) is 0.714. The maximum Gasteiger partial charge on any atom is 0.255 e. The minimum atomic E-state index is -3.66. The average molecular weight is 389 g/mol. The summed E-state index contributed by atoms with van der Waals surface area (Å²) in [7, 11) is -3.66. The molecule has 1 atom stereocenters. The Bertz CT molecular complexity index is 885. The molecule has 0 heterocycles. The lowest BCUT2D eigenvalue weighted by Gasteiger charge is -2.15. The first-order chi connectivity index (χ1) is 12.8. The predicted molar refractivity (Wildman–Crippen MR) is 110 cm³/mol. The van der Waals surface area contributed by atoms with Gasteiger partial charge in [-0.15, -0.1) is 0 Å². The number of carbonyl (C=O) groups is 1. The fourth-order valence-corrected chi connectivity index (χ4v) is 4.18. The number of hydrogen-bond donors (Lipinski definition) is 2. The lowest BCUT2D eigenvalue weighted by atomic mass is 10.0. The van der Waals surface area contributed by atoms with E-state index in [0.717, 1.165) is 29.7 Å². The molecular formula is C21H28N2O3S. The van der Waals surface area contributed by atoms with Crippen molar-refractivity contribution in [2.45, 2.75) is 57.9 Å². The lowest BCUT2D eigenvalue weighted by Crippen LogP contribution is -2.32. The van der Waals surface area contributed by atoms with E-state index in [0.29, 0.717) is 12.0 Å². The van der Waals surface area contributed by atoms with Gasteiger partial charge in [-0.3, -0.25) is 4.79 Å². The molecule has 0 fully saturated rings. The van der Waals surface area contributed by atoms with Gasteiger partial charge in [0.25, 0.3) is 5.91 Å². The summed E-state index contributed by atoms with van der Waals surface area (Å²) >= 11 is 0. The summed E-state index contributed by atoms with van der Waals surface area (Å²) in [6, 6.07) is 11.9. The van der Waals surface area contributed by atoms with E-state index in [4.69, 9.17) is 0 Å². The summed E-state index contributed by atoms with van der Waals surface area (Å²) in [6.07, 6.45) is 2.29. The third-order valence-electron chi connectivity index (χ3n) is 4.61. The largest absolute Gasteiger partial charge is 0.321 e. The number of nitrogens with one attached hydrogen (secondary N) is 2. The van der Waals surface area contributed by atoms with Crippen molar-refractivity contribution in [2.24, 2.45) is 0 Å². The molecule has 0 aliphatic heterocycles. The van der Waals surface area contributed by atoms with E-state index in [-0.39, 0.29) is 16.8 Å². The third-order valence-corrected chi connectivity index (χ3v) is 6.20. The Morgan fingerprint density at radius 3 is 2.15 bits per heavy atom. The van der Waals surface area contributed by atoms with Gasteiger partial charge in [-0.05, 0) is 55.5 Å². The molecule has 6 heteroatoms. The first kappa shape index (κ1) is 21.1. The molecule has 2 N–H and O–H groups in total. The Morgan fingerprint density at radius 2 is 1.59 bits per heavy atom. The number of para-hydroxylation sites is 1. The van der Waals surface area contributed by atoms with Crippen LogP contribution in [0.3, 0.4) is 0 Å². The molecule has 0 aliphatic carbocycles. The van der Waals surface area contributed by atoms with Crippen LogP contribution in [-0.2, 0) is 22.9 Å². The molecule has 0 bridgehead atoms. The van der Waals surface area contributed by atoms with Crippen molar-refractivity contribution in [3.8, 4) is 0 Å². The van der Waals surface area contributed by atoms with E-state index in [9.17, 15) is 13.2 Å². The summed E-state index contributed by atoms with van der Waals surface area (Å²) in [5.74, 6) is -0.314. The van der Waals surface area contributed by atoms with Gasteiger partial charge < -0.3 is 5.32 Å². The van der Waals surface area contributed by atoms with Crippen LogP contribution in [0.4, 0.5) is 5.69 Å². The smallest absolute Gasteiger partial charge is 0.255 e. The van der Waals surface area contributed by atoms with Crippen LogP contribution >= 0.6 is 0 Å². The van der Waals surface area contributed by atoms with Crippen molar-refractivity contribution in [3.63, 3.8) is 0 Å². The van der Waals surface area contributed by atoms with E-state index in [2.05, 4.69) is 10.0 Å². The Morgan fingerprint density at radius 1 is 1.00 bits per heavy atom. The maximum atomic E-state index is 12.8. The highest BCUT2D eigenvalue weighted by atomic mass is 32.2. The fourth-order valence-electron chi connectivity index (χ4n) is 2.81. The van der Waals surface area contributed by atoms with Gasteiger partial charge in [0.15, 0.2) is 0 Å². The second-order valence-corrected chi connectivity index (χ2v) is 8.28. The molecule has 0 radical (unpaired) electrons. The average Bonchev–Trinajstić information content (AvgIpc) is 2.67. The van der Waals surface area contributed by atoms with Crippen LogP contribution in [-0.4, -0.2) is 20.4 Å². The molecule has 2 aromatic carbocycles. The highest BCUT2D eigenvalue weighted by Crippen LogP contribution is 2.23. The van der Waals surface area contributed by atoms with E-state index >= 15 is 0 Å². The van der Waals surface area contributed by atoms with Crippen LogP contribution in [0, 0.1) is 0 Å². The van der Waals surface area contributed by atoms with Crippen molar-refractivity contribution in [1.82, 2.24) is 4.72 Å². The first-order valence-electron chi connectivity index (χ1n) is 9.36. The molecule has 2 rings (SSSR count). The summed E-state index contributed by atoms with van der Waals surface area (Å²) in [4.78, 5) is 12.9. The highest BCUT2D eigenvalue weighted by molar-refractivity contribution is 7.89. The number of hydrogen-bond acceptors (Lipinski definition) is 3. The zero-order chi connectivity index (χ0) is 20.0. The highest BCUT2D eigenvalue weighted by Gasteiger charge is 2.19. The molecule has 5 nitrogen and oxygen atoms in total. The van der Waals surface area contributed by atoms with Gasteiger partial charge in [-0.25, -0.2) is 13.1 Å². The van der Waals surface area contributed by atoms with Gasteiger partial charge >= 0.3 is 0 Å². The predicted octanol–water partition coefficient (Wildman–Crippen LogP) is 4.14. The molecule has 0 saturated heterocycles. The summed E-state index contributed by atoms with van der Waals surface area (Å²) in [6.45, 7) is 7.80. The number of aryl methyl sites for hydroxylation is 2. The number of anilines is 1. The van der Waals surface area contributed by atoms with Gasteiger partial charge in [-0.2, -0.15) is 0 Å². The third kappa shape index (κ3) is 5.17. The number of carbonyl (C=O) groups excluding carboxylic acids is 1. The fraction of sp³-hybridized carbons (Fsp3) is 0.381. The molecule has 1 unspecified atom stereocenters. The molecule has 1 amide bonds. The van der Waals surface area contributed by atoms with Crippen LogP contribution < -0.4 is 10.0 Å². The topological polar surface area (TPSA) is 75.3 Å². The van der Waals surface area contributed by atoms with Crippen LogP contribution in [0.25, 0.3) is 0 Å². The van der Waals surface area contributed by atoms with Crippen molar-refractivity contribution in [3.05, 3.63) is 59.2 Å². The Hall–Kier alpha value is -2.18.